The number of benzene rings is 1. The molecule has 1 saturated heterocycles. The van der Waals surface area contributed by atoms with Gasteiger partial charge in [0.1, 0.15) is 0 Å². The maximum Gasteiger partial charge on any atom is 0.0740 e. The van der Waals surface area contributed by atoms with E-state index in [0.29, 0.717) is 0 Å². The molecule has 2 aromatic rings. The Kier molecular flexibility index (Phi) is 8.72. The van der Waals surface area contributed by atoms with Crippen molar-refractivity contribution in [3.05, 3.63) is 68.5 Å². The zero-order valence-electron chi connectivity index (χ0n) is 17.5. The summed E-state index contributed by atoms with van der Waals surface area (Å²) in [6.07, 6.45) is 6.35. The van der Waals surface area contributed by atoms with Crippen LogP contribution in [0.4, 0.5) is 0 Å². The van der Waals surface area contributed by atoms with Crippen molar-refractivity contribution >= 4 is 21.5 Å². The Bertz CT molecular complexity index is 729. The number of piperidine rings is 1. The molecule has 0 saturated carbocycles. The van der Waals surface area contributed by atoms with Crippen LogP contribution in [-0.2, 0) is 12.8 Å². The summed E-state index contributed by atoms with van der Waals surface area (Å²) >= 11 is 3.59. The molecule has 1 N–H and O–H groups in total. The first-order valence-corrected chi connectivity index (χ1v) is 11.2. The molecule has 3 heteroatoms. The largest absolute Gasteiger partial charge is 0.316 e. The fourth-order valence-electron chi connectivity index (χ4n) is 3.80. The third kappa shape index (κ3) is 5.08. The summed E-state index contributed by atoms with van der Waals surface area (Å²) in [7, 11) is 0. The zero-order chi connectivity index (χ0) is 19.8. The van der Waals surface area contributed by atoms with Gasteiger partial charge in [-0.15, -0.1) is 0 Å². The number of nitrogens with zero attached hydrogens (tertiary/aromatic N) is 1. The van der Waals surface area contributed by atoms with Crippen molar-refractivity contribution in [2.24, 2.45) is 0 Å². The highest BCUT2D eigenvalue weighted by molar-refractivity contribution is 9.10. The van der Waals surface area contributed by atoms with Gasteiger partial charge in [-0.1, -0.05) is 57.0 Å². The van der Waals surface area contributed by atoms with Crippen LogP contribution in [0.3, 0.4) is 0 Å². The highest BCUT2D eigenvalue weighted by Crippen LogP contribution is 2.37. The summed E-state index contributed by atoms with van der Waals surface area (Å²) < 4.78 is 1.08. The van der Waals surface area contributed by atoms with Gasteiger partial charge in [0.05, 0.1) is 5.69 Å². The van der Waals surface area contributed by atoms with Crippen molar-refractivity contribution < 1.29 is 0 Å². The number of hydrogen-bond donors (Lipinski definition) is 1. The first-order valence-electron chi connectivity index (χ1n) is 10.4. The van der Waals surface area contributed by atoms with Crippen LogP contribution in [0.5, 0.6) is 0 Å². The second-order valence-electron chi connectivity index (χ2n) is 6.55. The molecule has 0 amide bonds. The summed E-state index contributed by atoms with van der Waals surface area (Å²) in [6, 6.07) is 9.17. The number of rotatable bonds is 0. The van der Waals surface area contributed by atoms with Gasteiger partial charge in [0.2, 0.25) is 0 Å². The van der Waals surface area contributed by atoms with E-state index in [4.69, 9.17) is 4.98 Å². The minimum absolute atomic E-state index is 1.06. The van der Waals surface area contributed by atoms with Crippen LogP contribution in [0.1, 0.15) is 68.5 Å². The Balaban J connectivity index is 0.000000614. The molecule has 2 aliphatic rings. The monoisotopic (exact) mass is 428 g/mol. The Morgan fingerprint density at radius 2 is 1.56 bits per heavy atom. The van der Waals surface area contributed by atoms with Gasteiger partial charge >= 0.3 is 0 Å². The molecule has 2 nitrogen and oxygen atoms in total. The van der Waals surface area contributed by atoms with Gasteiger partial charge in [0.15, 0.2) is 0 Å². The minimum Gasteiger partial charge on any atom is -0.316 e. The van der Waals surface area contributed by atoms with Crippen molar-refractivity contribution in [3.63, 3.8) is 0 Å². The standard InChI is InChI=1S/C20H21BrN2.2C2H6/c1-13-2-5-18-15(10-13)3-4-16-11-17(21)12-23-20(16)19(18)14-6-8-22-9-7-14;2*1-2/h2,5,10-12,22H,3-4,6-9H2,1H3;2*1-2H3. The fourth-order valence-corrected chi connectivity index (χ4v) is 4.18. The lowest BCUT2D eigenvalue weighted by atomic mass is 9.88. The van der Waals surface area contributed by atoms with E-state index in [1.165, 1.54) is 33.5 Å². The van der Waals surface area contributed by atoms with Crippen molar-refractivity contribution in [3.8, 4) is 0 Å². The van der Waals surface area contributed by atoms with Crippen LogP contribution in [0.2, 0.25) is 0 Å². The number of pyridine rings is 1. The second kappa shape index (κ2) is 10.8. The second-order valence-corrected chi connectivity index (χ2v) is 7.47. The van der Waals surface area contributed by atoms with Crippen molar-refractivity contribution in [2.75, 3.05) is 13.1 Å². The van der Waals surface area contributed by atoms with E-state index in [-0.39, 0.29) is 0 Å². The molecule has 1 aromatic heterocycles. The van der Waals surface area contributed by atoms with Gasteiger partial charge in [-0.3, -0.25) is 4.98 Å². The smallest absolute Gasteiger partial charge is 0.0740 e. The first-order chi connectivity index (χ1) is 13.2. The van der Waals surface area contributed by atoms with E-state index >= 15 is 0 Å². The van der Waals surface area contributed by atoms with Crippen LogP contribution in [0.25, 0.3) is 5.57 Å². The molecule has 0 unspecified atom stereocenters. The van der Waals surface area contributed by atoms with Crippen LogP contribution < -0.4 is 5.32 Å². The van der Waals surface area contributed by atoms with E-state index < -0.39 is 0 Å². The SMILES string of the molecule is CC.CC.Cc1ccc2c(c1)CCc1cc(Br)cnc1C2=C1CCNCC1. The summed E-state index contributed by atoms with van der Waals surface area (Å²) in [5.74, 6) is 0. The third-order valence-electron chi connectivity index (χ3n) is 4.92. The molecule has 1 aliphatic heterocycles. The number of aromatic nitrogens is 1. The lowest BCUT2D eigenvalue weighted by molar-refractivity contribution is 0.611. The molecule has 0 spiro atoms. The molecular weight excluding hydrogens is 396 g/mol. The molecular formula is C24H33BrN2. The number of fused-ring (bicyclic) bond motifs is 2. The molecule has 1 fully saturated rings. The van der Waals surface area contributed by atoms with Crippen molar-refractivity contribution in [1.29, 1.82) is 0 Å². The Hall–Kier alpha value is -1.45. The maximum absolute atomic E-state index is 4.83. The Labute approximate surface area is 173 Å². The van der Waals surface area contributed by atoms with Crippen LogP contribution >= 0.6 is 15.9 Å². The predicted octanol–water partition coefficient (Wildman–Crippen LogP) is 6.49. The molecule has 2 heterocycles. The first kappa shape index (κ1) is 21.8. The van der Waals surface area contributed by atoms with Gasteiger partial charge in [0.25, 0.3) is 0 Å². The molecule has 0 radical (unpaired) electrons. The lowest BCUT2D eigenvalue weighted by Crippen LogP contribution is -2.24. The molecule has 27 heavy (non-hydrogen) atoms. The number of nitrogens with one attached hydrogen (secondary N) is 1. The van der Waals surface area contributed by atoms with Gasteiger partial charge in [0, 0.05) is 16.2 Å². The Morgan fingerprint density at radius 1 is 0.889 bits per heavy atom. The van der Waals surface area contributed by atoms with Gasteiger partial charge < -0.3 is 5.32 Å². The topological polar surface area (TPSA) is 24.9 Å². The van der Waals surface area contributed by atoms with E-state index in [0.717, 1.165) is 43.2 Å². The van der Waals surface area contributed by atoms with E-state index in [1.807, 2.05) is 33.9 Å². The van der Waals surface area contributed by atoms with Crippen LogP contribution in [-0.4, -0.2) is 18.1 Å². The Morgan fingerprint density at radius 3 is 2.26 bits per heavy atom. The molecule has 1 aromatic carbocycles. The maximum atomic E-state index is 4.83. The highest BCUT2D eigenvalue weighted by Gasteiger charge is 2.23. The minimum atomic E-state index is 1.06. The third-order valence-corrected chi connectivity index (χ3v) is 5.36. The van der Waals surface area contributed by atoms with E-state index in [1.54, 1.807) is 5.57 Å². The highest BCUT2D eigenvalue weighted by atomic mass is 79.9. The van der Waals surface area contributed by atoms with Crippen molar-refractivity contribution in [1.82, 2.24) is 10.3 Å². The van der Waals surface area contributed by atoms with Crippen LogP contribution in [0.15, 0.2) is 40.5 Å². The summed E-state index contributed by atoms with van der Waals surface area (Å²) in [6.45, 7) is 12.3. The quantitative estimate of drug-likeness (QED) is 0.518. The predicted molar refractivity (Wildman–Crippen MR) is 121 cm³/mol. The number of halogens is 1. The van der Waals surface area contributed by atoms with Gasteiger partial charge in [-0.2, -0.15) is 0 Å². The fraction of sp³-hybridized carbons (Fsp3) is 0.458. The molecule has 146 valence electrons. The average molecular weight is 429 g/mol. The molecule has 4 rings (SSSR count). The average Bonchev–Trinajstić information content (AvgIpc) is 2.88. The van der Waals surface area contributed by atoms with Gasteiger partial charge in [-0.05, 0) is 84.4 Å². The van der Waals surface area contributed by atoms with Crippen molar-refractivity contribution in [2.45, 2.75) is 60.3 Å². The molecule has 1 aliphatic carbocycles. The van der Waals surface area contributed by atoms with Gasteiger partial charge in [-0.25, -0.2) is 0 Å². The molecule has 0 atom stereocenters. The zero-order valence-corrected chi connectivity index (χ0v) is 19.0. The summed E-state index contributed by atoms with van der Waals surface area (Å²) in [5.41, 5.74) is 9.76. The van der Waals surface area contributed by atoms with E-state index in [2.05, 4.69) is 52.4 Å². The normalized spacial score (nSPS) is 15.3. The lowest BCUT2D eigenvalue weighted by Gasteiger charge is -2.22. The summed E-state index contributed by atoms with van der Waals surface area (Å²) in [4.78, 5) is 4.83. The molecule has 0 bridgehead atoms. The summed E-state index contributed by atoms with van der Waals surface area (Å²) in [5, 5.41) is 3.47. The number of aryl methyl sites for hydroxylation is 3. The van der Waals surface area contributed by atoms with Crippen LogP contribution in [0, 0.1) is 6.92 Å². The number of hydrogen-bond acceptors (Lipinski definition) is 2. The van der Waals surface area contributed by atoms with E-state index in [9.17, 15) is 0 Å².